The number of allylic oxidation sites excluding steroid dienone is 1. The molecule has 2 aromatic carbocycles. The van der Waals surface area contributed by atoms with E-state index in [1.807, 2.05) is 61.5 Å². The van der Waals surface area contributed by atoms with Crippen LogP contribution in [0, 0.1) is 0 Å². The fourth-order valence-corrected chi connectivity index (χ4v) is 5.37. The highest BCUT2D eigenvalue weighted by atomic mass is 35.5. The number of aliphatic carboxylic acids is 1. The molecule has 31 heavy (non-hydrogen) atoms. The topological polar surface area (TPSA) is 53.1 Å². The van der Waals surface area contributed by atoms with E-state index in [0.29, 0.717) is 13.7 Å². The minimum Gasteiger partial charge on any atom is -0.478 e. The molecule has 0 amide bonds. The molecule has 2 heterocycles. The van der Waals surface area contributed by atoms with Gasteiger partial charge in [-0.15, -0.1) is 11.3 Å². The van der Waals surface area contributed by atoms with E-state index in [1.54, 1.807) is 6.08 Å². The summed E-state index contributed by atoms with van der Waals surface area (Å²) in [5.41, 5.74) is 6.08. The predicted octanol–water partition coefficient (Wildman–Crippen LogP) is 8.27. The van der Waals surface area contributed by atoms with Gasteiger partial charge < -0.3 is 10.1 Å². The number of fused-ring (bicyclic) bond motifs is 1. The van der Waals surface area contributed by atoms with Gasteiger partial charge in [0.2, 0.25) is 0 Å². The van der Waals surface area contributed by atoms with Gasteiger partial charge in [-0.3, -0.25) is 0 Å². The SMILES string of the molecule is C/C(=C(/c1ccc(/C=C/C(=O)O)cc1)c1[nH]c2ccccc2c1Cl)c1cc(Cl)sc1Cl. The van der Waals surface area contributed by atoms with Crippen LogP contribution in [0.3, 0.4) is 0 Å². The Morgan fingerprint density at radius 1 is 1.06 bits per heavy atom. The molecule has 2 N–H and O–H groups in total. The fourth-order valence-electron chi connectivity index (χ4n) is 3.49. The molecule has 0 saturated heterocycles. The molecule has 0 aliphatic heterocycles. The lowest BCUT2D eigenvalue weighted by Gasteiger charge is -2.13. The number of hydrogen-bond acceptors (Lipinski definition) is 2. The molecule has 4 aromatic rings. The van der Waals surface area contributed by atoms with Crippen LogP contribution in [0.4, 0.5) is 0 Å². The van der Waals surface area contributed by atoms with Gasteiger partial charge in [0.25, 0.3) is 0 Å². The quantitative estimate of drug-likeness (QED) is 0.278. The number of H-pyrrole nitrogens is 1. The van der Waals surface area contributed by atoms with Gasteiger partial charge in [0, 0.05) is 28.1 Å². The summed E-state index contributed by atoms with van der Waals surface area (Å²) in [4.78, 5) is 14.2. The molecular formula is C24H16Cl3NO2S. The molecular weight excluding hydrogens is 473 g/mol. The number of rotatable bonds is 5. The molecule has 4 rings (SSSR count). The van der Waals surface area contributed by atoms with Crippen LogP contribution in [0.25, 0.3) is 28.1 Å². The van der Waals surface area contributed by atoms with Gasteiger partial charge in [-0.2, -0.15) is 0 Å². The summed E-state index contributed by atoms with van der Waals surface area (Å²) in [6.07, 6.45) is 2.66. The van der Waals surface area contributed by atoms with Crippen molar-refractivity contribution in [3.8, 4) is 0 Å². The Morgan fingerprint density at radius 2 is 1.77 bits per heavy atom. The van der Waals surface area contributed by atoms with Crippen LogP contribution < -0.4 is 0 Å². The average Bonchev–Trinajstić information content (AvgIpc) is 3.26. The summed E-state index contributed by atoms with van der Waals surface area (Å²) in [6, 6.07) is 17.3. The molecule has 0 aliphatic carbocycles. The van der Waals surface area contributed by atoms with E-state index in [4.69, 9.17) is 39.9 Å². The number of para-hydroxylation sites is 1. The third-order valence-electron chi connectivity index (χ3n) is 4.95. The van der Waals surface area contributed by atoms with Gasteiger partial charge in [0.05, 0.1) is 15.1 Å². The number of carboxylic acid groups (broad SMARTS) is 1. The maximum absolute atomic E-state index is 10.8. The van der Waals surface area contributed by atoms with Crippen molar-refractivity contribution in [1.82, 2.24) is 4.98 Å². The molecule has 0 radical (unpaired) electrons. The smallest absolute Gasteiger partial charge is 0.328 e. The Labute approximate surface area is 198 Å². The second-order valence-corrected chi connectivity index (χ2v) is 9.55. The minimum atomic E-state index is -0.991. The van der Waals surface area contributed by atoms with Crippen molar-refractivity contribution in [1.29, 1.82) is 0 Å². The Hall–Kier alpha value is -2.50. The first-order valence-corrected chi connectivity index (χ1v) is 11.2. The van der Waals surface area contributed by atoms with E-state index in [0.717, 1.165) is 50.5 Å². The number of thiophene rings is 1. The lowest BCUT2D eigenvalue weighted by molar-refractivity contribution is -0.131. The molecule has 2 aromatic heterocycles. The van der Waals surface area contributed by atoms with E-state index in [9.17, 15) is 4.79 Å². The molecule has 0 fully saturated rings. The van der Waals surface area contributed by atoms with E-state index < -0.39 is 5.97 Å². The van der Waals surface area contributed by atoms with Crippen molar-refractivity contribution in [2.24, 2.45) is 0 Å². The number of hydrogen-bond donors (Lipinski definition) is 2. The number of nitrogens with one attached hydrogen (secondary N) is 1. The molecule has 156 valence electrons. The zero-order valence-electron chi connectivity index (χ0n) is 16.2. The normalized spacial score (nSPS) is 12.5. The summed E-state index contributed by atoms with van der Waals surface area (Å²) in [5, 5.41) is 10.4. The van der Waals surface area contributed by atoms with Crippen molar-refractivity contribution >= 4 is 80.2 Å². The van der Waals surface area contributed by atoms with E-state index in [1.165, 1.54) is 11.3 Å². The largest absolute Gasteiger partial charge is 0.478 e. The van der Waals surface area contributed by atoms with Gasteiger partial charge in [0.1, 0.15) is 4.34 Å². The van der Waals surface area contributed by atoms with Crippen LogP contribution in [-0.2, 0) is 4.79 Å². The monoisotopic (exact) mass is 487 g/mol. The van der Waals surface area contributed by atoms with Crippen LogP contribution in [-0.4, -0.2) is 16.1 Å². The van der Waals surface area contributed by atoms with E-state index in [2.05, 4.69) is 4.98 Å². The van der Waals surface area contributed by atoms with Gasteiger partial charge in [-0.25, -0.2) is 4.79 Å². The van der Waals surface area contributed by atoms with Crippen molar-refractivity contribution in [3.63, 3.8) is 0 Å². The zero-order chi connectivity index (χ0) is 22.1. The Kier molecular flexibility index (Phi) is 6.26. The lowest BCUT2D eigenvalue weighted by Crippen LogP contribution is -1.94. The maximum atomic E-state index is 10.8. The average molecular weight is 489 g/mol. The molecule has 0 atom stereocenters. The molecule has 0 saturated carbocycles. The number of benzene rings is 2. The standard InChI is InChI=1S/C24H16Cl3NO2S/c1-13(17-12-19(25)31-24(17)27)21(15-9-6-14(7-10-15)8-11-20(29)30)23-22(26)16-4-2-3-5-18(16)28-23/h2-12,28H,1H3,(H,29,30)/b11-8+,21-13+. The van der Waals surface area contributed by atoms with Crippen molar-refractivity contribution in [2.75, 3.05) is 0 Å². The van der Waals surface area contributed by atoms with Crippen molar-refractivity contribution in [3.05, 3.63) is 96.8 Å². The van der Waals surface area contributed by atoms with Crippen molar-refractivity contribution < 1.29 is 9.90 Å². The number of aromatic amines is 1. The van der Waals surface area contributed by atoms with E-state index >= 15 is 0 Å². The summed E-state index contributed by atoms with van der Waals surface area (Å²) in [7, 11) is 0. The summed E-state index contributed by atoms with van der Waals surface area (Å²) < 4.78 is 1.21. The number of carbonyl (C=O) groups is 1. The van der Waals surface area contributed by atoms with Crippen LogP contribution >= 0.6 is 46.1 Å². The molecule has 0 bridgehead atoms. The first-order chi connectivity index (χ1) is 14.8. The second kappa shape index (κ2) is 8.93. The van der Waals surface area contributed by atoms with Crippen molar-refractivity contribution in [2.45, 2.75) is 6.92 Å². The van der Waals surface area contributed by atoms with Crippen LogP contribution in [0.15, 0.2) is 60.7 Å². The Balaban J connectivity index is 1.93. The minimum absolute atomic E-state index is 0.605. The van der Waals surface area contributed by atoms with Gasteiger partial charge in [0.15, 0.2) is 0 Å². The fraction of sp³-hybridized carbons (Fsp3) is 0.0417. The van der Waals surface area contributed by atoms with Gasteiger partial charge in [-0.05, 0) is 41.8 Å². The van der Waals surface area contributed by atoms with E-state index in [-0.39, 0.29) is 0 Å². The first kappa shape index (κ1) is 21.7. The molecule has 0 spiro atoms. The number of carboxylic acids is 1. The highest BCUT2D eigenvalue weighted by Crippen LogP contribution is 2.43. The van der Waals surface area contributed by atoms with Gasteiger partial charge in [-0.1, -0.05) is 77.3 Å². The zero-order valence-corrected chi connectivity index (χ0v) is 19.3. The molecule has 7 heteroatoms. The first-order valence-electron chi connectivity index (χ1n) is 9.29. The molecule has 3 nitrogen and oxygen atoms in total. The van der Waals surface area contributed by atoms with Crippen LogP contribution in [0.2, 0.25) is 13.7 Å². The highest BCUT2D eigenvalue weighted by Gasteiger charge is 2.20. The summed E-state index contributed by atoms with van der Waals surface area (Å²) in [6.45, 7) is 1.99. The van der Waals surface area contributed by atoms with Gasteiger partial charge >= 0.3 is 5.97 Å². The number of aromatic nitrogens is 1. The summed E-state index contributed by atoms with van der Waals surface area (Å²) in [5.74, 6) is -0.991. The maximum Gasteiger partial charge on any atom is 0.328 e. The highest BCUT2D eigenvalue weighted by molar-refractivity contribution is 7.20. The third-order valence-corrected chi connectivity index (χ3v) is 6.83. The third kappa shape index (κ3) is 4.43. The van der Waals surface area contributed by atoms with Crippen LogP contribution in [0.1, 0.15) is 29.3 Å². The number of halogens is 3. The Morgan fingerprint density at radius 3 is 2.39 bits per heavy atom. The lowest BCUT2D eigenvalue weighted by atomic mass is 9.94. The molecule has 0 unspecified atom stereocenters. The van der Waals surface area contributed by atoms with Crippen LogP contribution in [0.5, 0.6) is 0 Å². The second-order valence-electron chi connectivity index (χ2n) is 6.89. The summed E-state index contributed by atoms with van der Waals surface area (Å²) >= 11 is 20.8. The Bertz CT molecular complexity index is 1350. The molecule has 0 aliphatic rings. The predicted molar refractivity (Wildman–Crippen MR) is 132 cm³/mol.